The van der Waals surface area contributed by atoms with Gasteiger partial charge in [-0.1, -0.05) is 42.4 Å². The molecule has 2 aliphatic rings. The third-order valence-electron chi connectivity index (χ3n) is 6.64. The first-order valence-electron chi connectivity index (χ1n) is 14.0. The molecule has 0 unspecified atom stereocenters. The lowest BCUT2D eigenvalue weighted by atomic mass is 10.00. The van der Waals surface area contributed by atoms with Crippen molar-refractivity contribution in [1.29, 1.82) is 0 Å². The molecule has 0 atom stereocenters. The molecule has 36 heavy (non-hydrogen) atoms. The maximum Gasteiger partial charge on any atom is 0.416 e. The van der Waals surface area contributed by atoms with Gasteiger partial charge in [-0.25, -0.2) is 0 Å². The molecule has 8 heteroatoms. The van der Waals surface area contributed by atoms with Crippen LogP contribution in [0.4, 0.5) is 13.2 Å². The fourth-order valence-corrected chi connectivity index (χ4v) is 4.52. The number of piperazine rings is 1. The van der Waals surface area contributed by atoms with Gasteiger partial charge < -0.3 is 9.80 Å². The van der Waals surface area contributed by atoms with E-state index < -0.39 is 47.9 Å². The van der Waals surface area contributed by atoms with Gasteiger partial charge in [-0.2, -0.15) is 13.2 Å². The number of rotatable bonds is 4. The fourth-order valence-electron chi connectivity index (χ4n) is 4.52. The molecule has 5 rings (SSSR count). The van der Waals surface area contributed by atoms with E-state index in [2.05, 4.69) is 4.90 Å². The molecule has 2 heterocycles. The first-order chi connectivity index (χ1) is 19.4. The standard InChI is InChI=1S/C28H26F3N3O2/c29-28(30,31)24-8-4-7-23(17-24)20-9-11-22(12-10-20)27(36)34-18-25(19-34)32-13-15-33(16-14-32)26(35)21-5-2-1-3-6-21/h1-12,17,25H,13-16,18-19H2/i1D,2D,3D,5D,6D. The van der Waals surface area contributed by atoms with Crippen LogP contribution in [-0.4, -0.2) is 71.8 Å². The molecular formula is C28H26F3N3O2. The molecule has 0 spiro atoms. The Morgan fingerprint density at radius 3 is 2.06 bits per heavy atom. The summed E-state index contributed by atoms with van der Waals surface area (Å²) in [6.45, 7) is 2.66. The molecule has 0 aliphatic carbocycles. The van der Waals surface area contributed by atoms with Crippen LogP contribution in [0, 0.1) is 0 Å². The summed E-state index contributed by atoms with van der Waals surface area (Å²) in [5.74, 6) is -0.771. The number of hydrogen-bond donors (Lipinski definition) is 0. The Bertz CT molecular complexity index is 1470. The van der Waals surface area contributed by atoms with Crippen LogP contribution < -0.4 is 0 Å². The van der Waals surface area contributed by atoms with Gasteiger partial charge in [0, 0.05) is 56.4 Å². The summed E-state index contributed by atoms with van der Waals surface area (Å²) in [7, 11) is 0. The number of alkyl halides is 3. The van der Waals surface area contributed by atoms with E-state index in [-0.39, 0.29) is 17.5 Å². The highest BCUT2D eigenvalue weighted by molar-refractivity contribution is 5.95. The molecular weight excluding hydrogens is 467 g/mol. The number of carbonyl (C=O) groups is 2. The van der Waals surface area contributed by atoms with Crippen LogP contribution in [-0.2, 0) is 6.18 Å². The first-order valence-corrected chi connectivity index (χ1v) is 11.5. The molecule has 0 radical (unpaired) electrons. The minimum atomic E-state index is -4.44. The Hall–Kier alpha value is -3.65. The van der Waals surface area contributed by atoms with E-state index in [0.29, 0.717) is 56.0 Å². The summed E-state index contributed by atoms with van der Waals surface area (Å²) in [6, 6.07) is 8.94. The third kappa shape index (κ3) is 4.99. The van der Waals surface area contributed by atoms with Crippen molar-refractivity contribution in [2.75, 3.05) is 39.3 Å². The van der Waals surface area contributed by atoms with Gasteiger partial charge in [0.2, 0.25) is 0 Å². The summed E-state index contributed by atoms with van der Waals surface area (Å²) in [5, 5.41) is 0. The van der Waals surface area contributed by atoms with E-state index in [1.54, 1.807) is 35.2 Å². The highest BCUT2D eigenvalue weighted by Gasteiger charge is 2.37. The largest absolute Gasteiger partial charge is 0.416 e. The van der Waals surface area contributed by atoms with Crippen molar-refractivity contribution in [2.45, 2.75) is 12.2 Å². The van der Waals surface area contributed by atoms with Gasteiger partial charge in [0.15, 0.2) is 0 Å². The van der Waals surface area contributed by atoms with Crippen LogP contribution in [0.5, 0.6) is 0 Å². The predicted molar refractivity (Wildman–Crippen MR) is 130 cm³/mol. The van der Waals surface area contributed by atoms with Gasteiger partial charge >= 0.3 is 6.18 Å². The quantitative estimate of drug-likeness (QED) is 0.526. The molecule has 2 aliphatic heterocycles. The van der Waals surface area contributed by atoms with Crippen molar-refractivity contribution in [3.05, 3.63) is 95.4 Å². The van der Waals surface area contributed by atoms with E-state index in [0.717, 1.165) is 12.1 Å². The van der Waals surface area contributed by atoms with Crippen molar-refractivity contribution in [1.82, 2.24) is 14.7 Å². The first kappa shape index (κ1) is 18.6. The number of hydrogen-bond acceptors (Lipinski definition) is 3. The average Bonchev–Trinajstić information content (AvgIpc) is 2.94. The zero-order valence-electron chi connectivity index (χ0n) is 24.2. The van der Waals surface area contributed by atoms with Crippen molar-refractivity contribution >= 4 is 11.8 Å². The van der Waals surface area contributed by atoms with Gasteiger partial charge in [-0.3, -0.25) is 14.5 Å². The minimum absolute atomic E-state index is 0.0985. The summed E-state index contributed by atoms with van der Waals surface area (Å²) in [4.78, 5) is 31.3. The van der Waals surface area contributed by atoms with E-state index in [9.17, 15) is 22.8 Å². The van der Waals surface area contributed by atoms with Gasteiger partial charge in [0.05, 0.1) is 12.4 Å². The Balaban J connectivity index is 1.15. The maximum atomic E-state index is 13.0. The zero-order valence-corrected chi connectivity index (χ0v) is 19.2. The molecule has 0 bridgehead atoms. The summed E-state index contributed by atoms with van der Waals surface area (Å²) < 4.78 is 78.5. The van der Waals surface area contributed by atoms with Gasteiger partial charge in [0.1, 0.15) is 0 Å². The smallest absolute Gasteiger partial charge is 0.336 e. The van der Waals surface area contributed by atoms with Gasteiger partial charge in [-0.15, -0.1) is 0 Å². The summed E-state index contributed by atoms with van der Waals surface area (Å²) >= 11 is 0. The second-order valence-corrected chi connectivity index (χ2v) is 8.85. The molecule has 0 N–H and O–H groups in total. The second-order valence-electron chi connectivity index (χ2n) is 8.85. The van der Waals surface area contributed by atoms with E-state index in [1.165, 1.54) is 11.0 Å². The highest BCUT2D eigenvalue weighted by atomic mass is 19.4. The zero-order chi connectivity index (χ0) is 29.6. The molecule has 3 aromatic carbocycles. The molecule has 2 saturated heterocycles. The van der Waals surface area contributed by atoms with Crippen LogP contribution in [0.2, 0.25) is 0 Å². The Morgan fingerprint density at radius 1 is 0.778 bits per heavy atom. The van der Waals surface area contributed by atoms with Crippen LogP contribution in [0.25, 0.3) is 11.1 Å². The monoisotopic (exact) mass is 498 g/mol. The Morgan fingerprint density at radius 2 is 1.42 bits per heavy atom. The lowest BCUT2D eigenvalue weighted by Gasteiger charge is -2.48. The van der Waals surface area contributed by atoms with Crippen LogP contribution in [0.15, 0.2) is 78.7 Å². The topological polar surface area (TPSA) is 43.9 Å². The molecule has 2 fully saturated rings. The average molecular weight is 499 g/mol. The van der Waals surface area contributed by atoms with Gasteiger partial charge in [0.25, 0.3) is 11.8 Å². The number of likely N-dealkylation sites (tertiary alicyclic amines) is 1. The van der Waals surface area contributed by atoms with E-state index in [4.69, 9.17) is 6.85 Å². The van der Waals surface area contributed by atoms with Crippen molar-refractivity contribution in [3.8, 4) is 11.1 Å². The normalized spacial score (nSPS) is 19.0. The van der Waals surface area contributed by atoms with Crippen LogP contribution in [0.1, 0.15) is 33.1 Å². The number of nitrogens with zero attached hydrogens (tertiary/aromatic N) is 3. The summed E-state index contributed by atoms with van der Waals surface area (Å²) in [5.41, 5.74) is 0.357. The van der Waals surface area contributed by atoms with Crippen molar-refractivity contribution in [3.63, 3.8) is 0 Å². The fraction of sp³-hybridized carbons (Fsp3) is 0.286. The number of halogens is 3. The maximum absolute atomic E-state index is 13.0. The lowest BCUT2D eigenvalue weighted by molar-refractivity contribution is -0.137. The van der Waals surface area contributed by atoms with Crippen molar-refractivity contribution in [2.24, 2.45) is 0 Å². The number of amides is 2. The molecule has 0 saturated carbocycles. The summed E-state index contributed by atoms with van der Waals surface area (Å²) in [6.07, 6.45) is -4.44. The predicted octanol–water partition coefficient (Wildman–Crippen LogP) is 4.65. The molecule has 2 amide bonds. The third-order valence-corrected chi connectivity index (χ3v) is 6.64. The van der Waals surface area contributed by atoms with Crippen molar-refractivity contribution < 1.29 is 29.6 Å². The van der Waals surface area contributed by atoms with E-state index in [1.807, 2.05) is 0 Å². The SMILES string of the molecule is [2H]c1c([2H])c([2H])c(C(=O)N2CCN(C3CN(C(=O)c4ccc(-c5cccc(C(F)(F)F)c5)cc4)C3)CC2)c([2H])c1[2H]. The Kier molecular flexibility index (Phi) is 5.05. The van der Waals surface area contributed by atoms with Crippen LogP contribution >= 0.6 is 0 Å². The lowest BCUT2D eigenvalue weighted by Crippen LogP contribution is -2.64. The molecule has 3 aromatic rings. The second kappa shape index (κ2) is 9.78. The molecule has 5 nitrogen and oxygen atoms in total. The highest BCUT2D eigenvalue weighted by Crippen LogP contribution is 2.32. The molecule has 186 valence electrons. The number of benzene rings is 3. The molecule has 0 aromatic heterocycles. The van der Waals surface area contributed by atoms with Crippen LogP contribution in [0.3, 0.4) is 0 Å². The number of carbonyl (C=O) groups excluding carboxylic acids is 2. The van der Waals surface area contributed by atoms with Gasteiger partial charge in [-0.05, 0) is 47.5 Å². The Labute approximate surface area is 214 Å². The minimum Gasteiger partial charge on any atom is -0.336 e. The van der Waals surface area contributed by atoms with E-state index >= 15 is 0 Å².